The molecule has 0 radical (unpaired) electrons. The Morgan fingerprint density at radius 1 is 1.33 bits per heavy atom. The molecule has 49 heavy (non-hydrogen) atoms. The standard InChI is InChI=1S/C34H30F4N8O2S/c1-4-24(47)45-14-22(37)23(15-45)44(3)32-20-10-17(12-39)25(19-6-7-21(36)30-26(19)29(41-2)31(40)49-30)27(38)28(20)42-33(43-32)48-16-34-8-5-9-46(34)13-18(35)11-34/h4,6-7,10,18,22-23H,1,5,8-9,11,13-16,40H2,3H3/t18-,22+,23+,34+/m1/s1. The average Bonchev–Trinajstić information content (AvgIpc) is 3.84. The highest BCUT2D eigenvalue weighted by Crippen LogP contribution is 2.48. The molecular weight excluding hydrogens is 660 g/mol. The largest absolute Gasteiger partial charge is 0.461 e. The van der Waals surface area contributed by atoms with Crippen LogP contribution in [0.4, 0.5) is 34.1 Å². The van der Waals surface area contributed by atoms with E-state index >= 15 is 8.78 Å². The van der Waals surface area contributed by atoms with E-state index in [1.54, 1.807) is 7.05 Å². The highest BCUT2D eigenvalue weighted by Gasteiger charge is 2.49. The molecule has 0 unspecified atom stereocenters. The summed E-state index contributed by atoms with van der Waals surface area (Å²) in [5, 5.41) is 10.5. The van der Waals surface area contributed by atoms with Crippen molar-refractivity contribution in [1.29, 1.82) is 5.26 Å². The molecule has 7 rings (SSSR count). The third-order valence-corrected chi connectivity index (χ3v) is 11.0. The summed E-state index contributed by atoms with van der Waals surface area (Å²) in [5.74, 6) is -2.03. The Balaban J connectivity index is 1.41. The molecule has 0 bridgehead atoms. The van der Waals surface area contributed by atoms with Gasteiger partial charge in [0, 0.05) is 42.9 Å². The van der Waals surface area contributed by atoms with Gasteiger partial charge in [0.15, 0.2) is 5.82 Å². The van der Waals surface area contributed by atoms with Crippen molar-refractivity contribution in [3.8, 4) is 23.2 Å². The zero-order chi connectivity index (χ0) is 34.8. The van der Waals surface area contributed by atoms with E-state index in [0.29, 0.717) is 6.42 Å². The fraction of sp³-hybridized carbons (Fsp3) is 0.382. The number of fused-ring (bicyclic) bond motifs is 3. The number of aromatic nitrogens is 2. The van der Waals surface area contributed by atoms with Gasteiger partial charge in [0.1, 0.15) is 36.1 Å². The van der Waals surface area contributed by atoms with E-state index in [0.717, 1.165) is 36.4 Å². The van der Waals surface area contributed by atoms with E-state index in [1.165, 1.54) is 21.9 Å². The summed E-state index contributed by atoms with van der Waals surface area (Å²) in [6.45, 7) is 12.0. The van der Waals surface area contributed by atoms with Gasteiger partial charge in [0.2, 0.25) is 11.6 Å². The molecule has 15 heteroatoms. The van der Waals surface area contributed by atoms with Crippen molar-refractivity contribution in [3.05, 3.63) is 59.5 Å². The lowest BCUT2D eigenvalue weighted by atomic mass is 9.94. The van der Waals surface area contributed by atoms with Gasteiger partial charge in [-0.1, -0.05) is 12.6 Å². The second kappa shape index (κ2) is 12.2. The summed E-state index contributed by atoms with van der Waals surface area (Å²) in [6.07, 6.45) is 0.409. The highest BCUT2D eigenvalue weighted by molar-refractivity contribution is 7.23. The third-order valence-electron chi connectivity index (χ3n) is 9.95. The predicted octanol–water partition coefficient (Wildman–Crippen LogP) is 5.92. The van der Waals surface area contributed by atoms with E-state index < -0.39 is 41.5 Å². The number of benzene rings is 2. The molecule has 4 atom stereocenters. The van der Waals surface area contributed by atoms with Crippen LogP contribution in [0.1, 0.15) is 24.8 Å². The molecule has 0 spiro atoms. The van der Waals surface area contributed by atoms with Crippen molar-refractivity contribution in [3.63, 3.8) is 0 Å². The molecule has 0 saturated carbocycles. The second-order valence-corrected chi connectivity index (χ2v) is 13.7. The van der Waals surface area contributed by atoms with Gasteiger partial charge >= 0.3 is 6.01 Å². The van der Waals surface area contributed by atoms with E-state index in [4.69, 9.17) is 17.0 Å². The van der Waals surface area contributed by atoms with Crippen molar-refractivity contribution in [2.75, 3.05) is 50.5 Å². The first kappa shape index (κ1) is 32.6. The number of nitrogens with zero attached hydrogens (tertiary/aromatic N) is 7. The molecule has 5 heterocycles. The van der Waals surface area contributed by atoms with Crippen LogP contribution in [0.5, 0.6) is 6.01 Å². The molecule has 2 aromatic carbocycles. The number of nitrogen functional groups attached to an aromatic ring is 1. The predicted molar refractivity (Wildman–Crippen MR) is 178 cm³/mol. The van der Waals surface area contributed by atoms with Gasteiger partial charge in [-0.3, -0.25) is 9.69 Å². The zero-order valence-electron chi connectivity index (χ0n) is 26.3. The summed E-state index contributed by atoms with van der Waals surface area (Å²) in [5.41, 5.74) is 4.80. The normalized spacial score (nSPS) is 23.5. The molecule has 252 valence electrons. The summed E-state index contributed by atoms with van der Waals surface area (Å²) >= 11 is 0.845. The van der Waals surface area contributed by atoms with Crippen LogP contribution in [0.25, 0.3) is 37.0 Å². The van der Waals surface area contributed by atoms with Crippen molar-refractivity contribution < 1.29 is 27.1 Å². The van der Waals surface area contributed by atoms with Crippen molar-refractivity contribution >= 4 is 54.7 Å². The number of amides is 1. The molecule has 3 aliphatic rings. The minimum Gasteiger partial charge on any atom is -0.461 e. The summed E-state index contributed by atoms with van der Waals surface area (Å²) in [7, 11) is 1.55. The molecule has 0 aliphatic carbocycles. The van der Waals surface area contributed by atoms with Crippen LogP contribution in [-0.4, -0.2) is 89.4 Å². The molecule has 4 aromatic rings. The Bertz CT molecular complexity index is 2130. The number of carbonyl (C=O) groups is 1. The van der Waals surface area contributed by atoms with E-state index in [2.05, 4.69) is 21.4 Å². The minimum atomic E-state index is -1.50. The Hall–Kier alpha value is -4.99. The second-order valence-electron chi connectivity index (χ2n) is 12.7. The van der Waals surface area contributed by atoms with Gasteiger partial charge < -0.3 is 20.3 Å². The number of ether oxygens (including phenoxy) is 1. The van der Waals surface area contributed by atoms with Crippen LogP contribution in [0, 0.1) is 29.5 Å². The van der Waals surface area contributed by atoms with E-state index in [9.17, 15) is 18.8 Å². The maximum absolute atomic E-state index is 17.1. The zero-order valence-corrected chi connectivity index (χ0v) is 27.2. The lowest BCUT2D eigenvalue weighted by Gasteiger charge is -2.31. The molecule has 3 aliphatic heterocycles. The number of halogens is 4. The van der Waals surface area contributed by atoms with Crippen LogP contribution >= 0.6 is 11.3 Å². The van der Waals surface area contributed by atoms with Gasteiger partial charge in [-0.05, 0) is 43.2 Å². The molecular formula is C34H30F4N8O2S. The van der Waals surface area contributed by atoms with E-state index in [1.807, 2.05) is 11.0 Å². The lowest BCUT2D eigenvalue weighted by Crippen LogP contribution is -2.43. The smallest absolute Gasteiger partial charge is 0.319 e. The Kier molecular flexibility index (Phi) is 8.08. The summed E-state index contributed by atoms with van der Waals surface area (Å²) in [6, 6.07) is 4.62. The number of likely N-dealkylation sites (tertiary alicyclic amines) is 1. The van der Waals surface area contributed by atoms with Crippen molar-refractivity contribution in [2.45, 2.75) is 43.2 Å². The first-order chi connectivity index (χ1) is 23.5. The van der Waals surface area contributed by atoms with Crippen LogP contribution in [0.2, 0.25) is 0 Å². The monoisotopic (exact) mass is 690 g/mol. The van der Waals surface area contributed by atoms with Crippen LogP contribution < -0.4 is 15.4 Å². The molecule has 1 amide bonds. The quantitative estimate of drug-likeness (QED) is 0.144. The third kappa shape index (κ3) is 5.19. The van der Waals surface area contributed by atoms with E-state index in [-0.39, 0.29) is 92.9 Å². The fourth-order valence-corrected chi connectivity index (χ4v) is 8.53. The Labute approximate surface area is 282 Å². The number of nitriles is 1. The first-order valence-corrected chi connectivity index (χ1v) is 16.4. The maximum atomic E-state index is 17.1. The van der Waals surface area contributed by atoms with Gasteiger partial charge in [-0.2, -0.15) is 15.2 Å². The first-order valence-electron chi connectivity index (χ1n) is 15.6. The SMILES string of the molecule is [C-]#[N+]c1c(N)sc2c(F)ccc(-c3c(C#N)cc4c(N(C)[C@H]5CN(C(=O)C=C)C[C@@H]5F)nc(OC[C@@]56CCCN5C[C@H](F)C6)nc4c3F)c12. The summed E-state index contributed by atoms with van der Waals surface area (Å²) < 4.78 is 68.1. The van der Waals surface area contributed by atoms with Gasteiger partial charge in [-0.25, -0.2) is 22.4 Å². The van der Waals surface area contributed by atoms with Gasteiger partial charge in [0.05, 0.1) is 46.0 Å². The number of hydrogen-bond donors (Lipinski definition) is 1. The van der Waals surface area contributed by atoms with Crippen molar-refractivity contribution in [1.82, 2.24) is 19.8 Å². The average molecular weight is 691 g/mol. The van der Waals surface area contributed by atoms with Crippen LogP contribution in [0.15, 0.2) is 30.9 Å². The van der Waals surface area contributed by atoms with Gasteiger partial charge in [-0.15, -0.1) is 11.3 Å². The Morgan fingerprint density at radius 3 is 2.86 bits per heavy atom. The fourth-order valence-electron chi connectivity index (χ4n) is 7.59. The number of hydrogen-bond acceptors (Lipinski definition) is 9. The number of rotatable bonds is 7. The minimum absolute atomic E-state index is 0.0155. The highest BCUT2D eigenvalue weighted by atomic mass is 32.1. The van der Waals surface area contributed by atoms with Crippen LogP contribution in [-0.2, 0) is 4.79 Å². The topological polar surface area (TPSA) is 116 Å². The number of carbonyl (C=O) groups excluding carboxylic acids is 1. The molecule has 3 fully saturated rings. The lowest BCUT2D eigenvalue weighted by molar-refractivity contribution is -0.125. The summed E-state index contributed by atoms with van der Waals surface area (Å²) in [4.78, 5) is 29.6. The molecule has 3 saturated heterocycles. The van der Waals surface area contributed by atoms with Crippen LogP contribution in [0.3, 0.4) is 0 Å². The number of thiophene rings is 1. The molecule has 2 aromatic heterocycles. The number of nitrogens with two attached hydrogens (primary N) is 1. The maximum Gasteiger partial charge on any atom is 0.319 e. The Morgan fingerprint density at radius 2 is 2.12 bits per heavy atom. The molecule has 10 nitrogen and oxygen atoms in total. The van der Waals surface area contributed by atoms with Crippen molar-refractivity contribution in [2.24, 2.45) is 0 Å². The number of alkyl halides is 2. The number of likely N-dealkylation sites (N-methyl/N-ethyl adjacent to an activating group) is 1. The van der Waals surface area contributed by atoms with Gasteiger partial charge in [0.25, 0.3) is 0 Å². The molecule has 2 N–H and O–H groups in total. The number of anilines is 2.